The molecule has 99 valence electrons. The second-order valence-electron chi connectivity index (χ2n) is 4.90. The van der Waals surface area contributed by atoms with Crippen LogP contribution in [0.3, 0.4) is 0 Å². The van der Waals surface area contributed by atoms with Crippen LogP contribution >= 0.6 is 0 Å². The maximum Gasteiger partial charge on any atom is 0 e. The second-order valence-corrected chi connectivity index (χ2v) is 4.90. The van der Waals surface area contributed by atoms with E-state index in [0.717, 1.165) is 19.6 Å². The molecule has 0 saturated heterocycles. The molecule has 0 heterocycles. The average molecular weight is 271 g/mol. The van der Waals surface area contributed by atoms with Gasteiger partial charge in [-0.1, -0.05) is 41.5 Å². The Labute approximate surface area is 111 Å². The normalized spacial score (nSPS) is 13.9. The summed E-state index contributed by atoms with van der Waals surface area (Å²) in [7, 11) is 0. The molecule has 16 heavy (non-hydrogen) atoms. The van der Waals surface area contributed by atoms with Gasteiger partial charge in [-0.25, -0.2) is 0 Å². The maximum absolute atomic E-state index is 4.41. The Morgan fingerprint density at radius 1 is 1.25 bits per heavy atom. The van der Waals surface area contributed by atoms with E-state index in [-0.39, 0.29) is 22.3 Å². The first-order chi connectivity index (χ1) is 6.89. The quantitative estimate of drug-likeness (QED) is 0.539. The number of hydrogen-bond donors (Lipinski definition) is 0. The van der Waals surface area contributed by atoms with Crippen molar-refractivity contribution in [3.05, 3.63) is 5.32 Å². The molecule has 0 amide bonds. The van der Waals surface area contributed by atoms with E-state index in [2.05, 4.69) is 56.8 Å². The fourth-order valence-corrected chi connectivity index (χ4v) is 1.22. The summed E-state index contributed by atoms with van der Waals surface area (Å²) in [5.74, 6) is 0. The van der Waals surface area contributed by atoms with Crippen LogP contribution in [0.25, 0.3) is 5.32 Å². The Hall–Kier alpha value is -0.0635. The zero-order valence-corrected chi connectivity index (χ0v) is 12.5. The first-order valence-corrected chi connectivity index (χ1v) is 5.85. The third kappa shape index (κ3) is 10.5. The SMILES string of the molecule is CCN(CC)CC(C)[N-]C=NC(C)(C)C.[Co]. The Bertz CT molecular complexity index is 183. The van der Waals surface area contributed by atoms with Gasteiger partial charge in [-0.15, -0.1) is 6.34 Å². The molecular formula is C12H26CoN3-. The minimum Gasteiger partial charge on any atom is -0.468 e. The number of hydrogen-bond acceptors (Lipinski definition) is 2. The summed E-state index contributed by atoms with van der Waals surface area (Å²) in [6.07, 6.45) is 1.72. The summed E-state index contributed by atoms with van der Waals surface area (Å²) in [5.41, 5.74) is -0.0155. The molecule has 0 aliphatic carbocycles. The van der Waals surface area contributed by atoms with E-state index in [1.54, 1.807) is 6.34 Å². The van der Waals surface area contributed by atoms with Crippen LogP contribution in [0.2, 0.25) is 0 Å². The van der Waals surface area contributed by atoms with Crippen LogP contribution < -0.4 is 0 Å². The molecule has 0 aromatic rings. The molecule has 3 nitrogen and oxygen atoms in total. The number of rotatable bonds is 6. The van der Waals surface area contributed by atoms with Crippen LogP contribution in [-0.2, 0) is 16.8 Å². The average Bonchev–Trinajstić information content (AvgIpc) is 2.12. The van der Waals surface area contributed by atoms with E-state index in [0.29, 0.717) is 6.04 Å². The molecule has 4 heteroatoms. The summed E-state index contributed by atoms with van der Waals surface area (Å²) in [5, 5.41) is 4.41. The molecule has 0 saturated carbocycles. The number of aliphatic imine (C=N–C) groups is 1. The van der Waals surface area contributed by atoms with Crippen molar-refractivity contribution in [2.75, 3.05) is 19.6 Å². The Morgan fingerprint density at radius 3 is 2.12 bits per heavy atom. The van der Waals surface area contributed by atoms with Gasteiger partial charge in [0.05, 0.1) is 0 Å². The van der Waals surface area contributed by atoms with E-state index in [4.69, 9.17) is 0 Å². The van der Waals surface area contributed by atoms with Gasteiger partial charge in [0, 0.05) is 16.8 Å². The van der Waals surface area contributed by atoms with Gasteiger partial charge in [0.2, 0.25) is 0 Å². The zero-order valence-electron chi connectivity index (χ0n) is 11.5. The molecule has 1 unspecified atom stereocenters. The Morgan fingerprint density at radius 2 is 1.75 bits per heavy atom. The predicted molar refractivity (Wildman–Crippen MR) is 68.9 cm³/mol. The van der Waals surface area contributed by atoms with Gasteiger partial charge in [-0.3, -0.25) is 0 Å². The Kier molecular flexibility index (Phi) is 10.3. The van der Waals surface area contributed by atoms with Gasteiger partial charge >= 0.3 is 0 Å². The zero-order chi connectivity index (χ0) is 11.9. The van der Waals surface area contributed by atoms with Crippen molar-refractivity contribution in [2.45, 2.75) is 53.1 Å². The molecular weight excluding hydrogens is 245 g/mol. The summed E-state index contributed by atoms with van der Waals surface area (Å²) in [6.45, 7) is 15.9. The molecule has 1 radical (unpaired) electrons. The van der Waals surface area contributed by atoms with Crippen molar-refractivity contribution in [2.24, 2.45) is 4.99 Å². The van der Waals surface area contributed by atoms with Gasteiger partial charge in [-0.05, 0) is 31.2 Å². The van der Waals surface area contributed by atoms with Crippen LogP contribution in [0.5, 0.6) is 0 Å². The largest absolute Gasteiger partial charge is 0.468 e. The van der Waals surface area contributed by atoms with Gasteiger partial charge in [-0.2, -0.15) is 0 Å². The first-order valence-electron chi connectivity index (χ1n) is 5.85. The van der Waals surface area contributed by atoms with Crippen LogP contribution in [0.1, 0.15) is 41.5 Å². The molecule has 0 N–H and O–H groups in total. The standard InChI is InChI=1S/C12H26N3.Co/c1-7-15(8-2)9-11(3)13-10-14-12(4,5)6;/h10-11H,7-9H2,1-6H3;/q-1;. The maximum atomic E-state index is 4.41. The molecule has 0 bridgehead atoms. The smallest absolute Gasteiger partial charge is 0 e. The van der Waals surface area contributed by atoms with Crippen molar-refractivity contribution < 1.29 is 16.8 Å². The molecule has 1 atom stereocenters. The second kappa shape index (κ2) is 9.02. The predicted octanol–water partition coefficient (Wildman–Crippen LogP) is 2.91. The minimum atomic E-state index is -0.0155. The van der Waals surface area contributed by atoms with E-state index >= 15 is 0 Å². The minimum absolute atomic E-state index is 0. The number of nitrogens with zero attached hydrogens (tertiary/aromatic N) is 3. The topological polar surface area (TPSA) is 29.7 Å². The molecule has 0 aliphatic heterocycles. The Balaban J connectivity index is 0. The van der Waals surface area contributed by atoms with Gasteiger partial charge in [0.1, 0.15) is 0 Å². The van der Waals surface area contributed by atoms with Gasteiger partial charge in [0.15, 0.2) is 0 Å². The van der Waals surface area contributed by atoms with Crippen LogP contribution in [0.15, 0.2) is 4.99 Å². The molecule has 0 rings (SSSR count). The summed E-state index contributed by atoms with van der Waals surface area (Å²) in [4.78, 5) is 6.72. The fraction of sp³-hybridized carbons (Fsp3) is 0.917. The summed E-state index contributed by atoms with van der Waals surface area (Å²) >= 11 is 0. The first kappa shape index (κ1) is 18.3. The van der Waals surface area contributed by atoms with E-state index in [1.165, 1.54) is 0 Å². The van der Waals surface area contributed by atoms with Crippen molar-refractivity contribution in [1.29, 1.82) is 0 Å². The molecule has 0 fully saturated rings. The van der Waals surface area contributed by atoms with Gasteiger partial charge in [0.25, 0.3) is 0 Å². The van der Waals surface area contributed by atoms with E-state index in [9.17, 15) is 0 Å². The third-order valence-corrected chi connectivity index (χ3v) is 2.18. The van der Waals surface area contributed by atoms with Crippen molar-refractivity contribution in [3.8, 4) is 0 Å². The van der Waals surface area contributed by atoms with Crippen LogP contribution in [0, 0.1) is 0 Å². The van der Waals surface area contributed by atoms with E-state index in [1.807, 2.05) is 0 Å². The molecule has 0 aromatic carbocycles. The van der Waals surface area contributed by atoms with Crippen LogP contribution in [-0.4, -0.2) is 42.5 Å². The van der Waals surface area contributed by atoms with Crippen molar-refractivity contribution in [1.82, 2.24) is 4.90 Å². The van der Waals surface area contributed by atoms with Gasteiger partial charge < -0.3 is 15.2 Å². The molecule has 0 aliphatic rings. The van der Waals surface area contributed by atoms with E-state index < -0.39 is 0 Å². The number of likely N-dealkylation sites (N-methyl/N-ethyl adjacent to an activating group) is 1. The van der Waals surface area contributed by atoms with Crippen molar-refractivity contribution >= 4 is 6.34 Å². The third-order valence-electron chi connectivity index (χ3n) is 2.18. The summed E-state index contributed by atoms with van der Waals surface area (Å²) in [6, 6.07) is 0.330. The van der Waals surface area contributed by atoms with Crippen LogP contribution in [0.4, 0.5) is 0 Å². The van der Waals surface area contributed by atoms with Crippen molar-refractivity contribution in [3.63, 3.8) is 0 Å². The monoisotopic (exact) mass is 271 g/mol. The molecule has 0 spiro atoms. The molecule has 0 aromatic heterocycles. The fourth-order valence-electron chi connectivity index (χ4n) is 1.22. The summed E-state index contributed by atoms with van der Waals surface area (Å²) < 4.78 is 0.